The van der Waals surface area contributed by atoms with Crippen molar-refractivity contribution in [1.82, 2.24) is 0 Å². The molecule has 4 saturated carbocycles. The third-order valence-electron chi connectivity index (χ3n) is 13.5. The van der Waals surface area contributed by atoms with Crippen LogP contribution in [0.15, 0.2) is 12.2 Å². The van der Waals surface area contributed by atoms with E-state index in [2.05, 4.69) is 53.7 Å². The van der Waals surface area contributed by atoms with Crippen molar-refractivity contribution in [2.45, 2.75) is 105 Å². The quantitative estimate of drug-likeness (QED) is 0.470. The van der Waals surface area contributed by atoms with Crippen molar-refractivity contribution in [3.63, 3.8) is 0 Å². The van der Waals surface area contributed by atoms with E-state index in [1.54, 1.807) is 0 Å². The fraction of sp³-hybridized carbons (Fsp3) is 0.900. The van der Waals surface area contributed by atoms with Crippen LogP contribution < -0.4 is 0 Å². The molecule has 6 rings (SSSR count). The molecule has 3 nitrogen and oxygen atoms in total. The number of ketones is 1. The molecule has 2 bridgehead atoms. The van der Waals surface area contributed by atoms with Gasteiger partial charge in [0.1, 0.15) is 5.78 Å². The summed E-state index contributed by atoms with van der Waals surface area (Å²) in [4.78, 5) is 13.0. The molecule has 3 heteroatoms. The molecule has 1 N–H and O–H groups in total. The maximum Gasteiger partial charge on any atom is 0.141 e. The Morgan fingerprint density at radius 1 is 0.970 bits per heavy atom. The molecule has 0 amide bonds. The Kier molecular flexibility index (Phi) is 4.39. The van der Waals surface area contributed by atoms with Gasteiger partial charge in [0, 0.05) is 17.8 Å². The van der Waals surface area contributed by atoms with Crippen LogP contribution in [0.3, 0.4) is 0 Å². The van der Waals surface area contributed by atoms with Gasteiger partial charge in [-0.2, -0.15) is 0 Å². The number of ether oxygens (including phenoxy) is 1. The molecular formula is C30H46O3. The van der Waals surface area contributed by atoms with Gasteiger partial charge in [-0.3, -0.25) is 4.79 Å². The fourth-order valence-corrected chi connectivity index (χ4v) is 11.1. The van der Waals surface area contributed by atoms with Crippen molar-refractivity contribution in [2.75, 3.05) is 13.2 Å². The molecule has 5 aliphatic carbocycles. The highest BCUT2D eigenvalue weighted by Gasteiger charge is 2.77. The predicted molar refractivity (Wildman–Crippen MR) is 131 cm³/mol. The number of Topliss-reactive ketones (excluding diaryl/α,β-unsaturated/α-hetero) is 1. The lowest BCUT2D eigenvalue weighted by Crippen LogP contribution is -2.70. The van der Waals surface area contributed by atoms with E-state index in [0.717, 1.165) is 25.9 Å². The van der Waals surface area contributed by atoms with Crippen LogP contribution in [0, 0.1) is 50.2 Å². The van der Waals surface area contributed by atoms with E-state index in [0.29, 0.717) is 29.1 Å². The number of aliphatic hydroxyl groups excluding tert-OH is 1. The van der Waals surface area contributed by atoms with Gasteiger partial charge in [0.25, 0.3) is 0 Å². The third-order valence-corrected chi connectivity index (χ3v) is 13.5. The number of carbonyl (C=O) groups is 1. The molecule has 9 atom stereocenters. The van der Waals surface area contributed by atoms with Gasteiger partial charge in [-0.05, 0) is 84.9 Å². The van der Waals surface area contributed by atoms with Gasteiger partial charge >= 0.3 is 0 Å². The zero-order valence-corrected chi connectivity index (χ0v) is 21.9. The largest absolute Gasteiger partial charge is 0.395 e. The summed E-state index contributed by atoms with van der Waals surface area (Å²) in [6.45, 7) is 15.6. The maximum atomic E-state index is 13.0. The van der Waals surface area contributed by atoms with Crippen LogP contribution in [0.1, 0.15) is 99.3 Å². The number of aliphatic hydroxyl groups is 1. The molecule has 5 fully saturated rings. The number of hydrogen-bond donors (Lipinski definition) is 1. The second kappa shape index (κ2) is 6.36. The molecule has 0 unspecified atom stereocenters. The van der Waals surface area contributed by atoms with E-state index < -0.39 is 5.41 Å². The second-order valence-electron chi connectivity index (χ2n) is 15.0. The van der Waals surface area contributed by atoms with Crippen LogP contribution in [0.4, 0.5) is 0 Å². The molecule has 33 heavy (non-hydrogen) atoms. The van der Waals surface area contributed by atoms with Crippen LogP contribution in [0.25, 0.3) is 0 Å². The van der Waals surface area contributed by atoms with Crippen molar-refractivity contribution in [1.29, 1.82) is 0 Å². The predicted octanol–water partition coefficient (Wildman–Crippen LogP) is 6.34. The Hall–Kier alpha value is -0.670. The summed E-state index contributed by atoms with van der Waals surface area (Å²) in [7, 11) is 0. The Morgan fingerprint density at radius 3 is 2.42 bits per heavy atom. The van der Waals surface area contributed by atoms with Crippen molar-refractivity contribution in [2.24, 2.45) is 50.2 Å². The zero-order valence-electron chi connectivity index (χ0n) is 21.9. The summed E-state index contributed by atoms with van der Waals surface area (Å²) in [6.07, 6.45) is 15.4. The number of allylic oxidation sites excluding steroid dienone is 1. The standard InChI is InChI=1S/C30H46O3/c1-24(2)13-15-29-16-14-28(6)27(5)11-7-20-25(3,10-9-23(32)26(20,4)18-31)21(27)8-12-30(28,33-19-29)22(29)17-24/h8,12,20-22,31H,7,9-11,13-19H2,1-6H3/t20-,21-,22-,25+,26+,27-,28+,29-,30+/m1/s1. The van der Waals surface area contributed by atoms with E-state index in [9.17, 15) is 9.90 Å². The zero-order chi connectivity index (χ0) is 23.7. The molecule has 1 spiro atoms. The number of carbonyl (C=O) groups excluding carboxylic acids is 1. The normalized spacial score (nSPS) is 58.8. The molecule has 1 saturated heterocycles. The minimum atomic E-state index is -0.586. The Morgan fingerprint density at radius 2 is 1.70 bits per heavy atom. The fourth-order valence-electron chi connectivity index (χ4n) is 11.1. The Labute approximate surface area is 201 Å². The monoisotopic (exact) mass is 454 g/mol. The van der Waals surface area contributed by atoms with E-state index >= 15 is 0 Å². The lowest BCUT2D eigenvalue weighted by molar-refractivity contribution is -0.234. The first-order valence-electron chi connectivity index (χ1n) is 13.8. The molecule has 0 radical (unpaired) electrons. The molecule has 0 aromatic carbocycles. The van der Waals surface area contributed by atoms with Crippen LogP contribution in [-0.2, 0) is 9.53 Å². The number of fused-ring (bicyclic) bond motifs is 4. The highest BCUT2D eigenvalue weighted by Crippen LogP contribution is 2.78. The summed E-state index contributed by atoms with van der Waals surface area (Å²) >= 11 is 0. The van der Waals surface area contributed by atoms with Crippen molar-refractivity contribution >= 4 is 5.78 Å². The van der Waals surface area contributed by atoms with Crippen LogP contribution >= 0.6 is 0 Å². The van der Waals surface area contributed by atoms with Gasteiger partial charge in [-0.25, -0.2) is 0 Å². The summed E-state index contributed by atoms with van der Waals surface area (Å²) < 4.78 is 7.08. The van der Waals surface area contributed by atoms with Gasteiger partial charge in [-0.15, -0.1) is 0 Å². The minimum Gasteiger partial charge on any atom is -0.395 e. The van der Waals surface area contributed by atoms with Gasteiger partial charge < -0.3 is 9.84 Å². The summed E-state index contributed by atoms with van der Waals surface area (Å²) in [5.74, 6) is 1.61. The minimum absolute atomic E-state index is 0.0107. The molecule has 1 heterocycles. The SMILES string of the molecule is CC1(C)CC[C@@]23CC[C@]4(C)[C@@](C=C[C@@H]5[C@@]6(C)CCC(=O)[C@@](C)(CO)[C@@H]6CC[C@]54C)(OC2)[C@@H]3C1. The first-order chi connectivity index (χ1) is 15.3. The molecule has 0 aromatic heterocycles. The van der Waals surface area contributed by atoms with Crippen LogP contribution in [0.2, 0.25) is 0 Å². The maximum absolute atomic E-state index is 13.0. The summed E-state index contributed by atoms with van der Waals surface area (Å²) in [5, 5.41) is 10.4. The lowest BCUT2D eigenvalue weighted by atomic mass is 9.32. The van der Waals surface area contributed by atoms with Crippen LogP contribution in [-0.4, -0.2) is 29.7 Å². The highest BCUT2D eigenvalue weighted by atomic mass is 16.5. The molecule has 6 aliphatic rings. The second-order valence-corrected chi connectivity index (χ2v) is 15.0. The lowest BCUT2D eigenvalue weighted by Gasteiger charge is -2.72. The molecular weight excluding hydrogens is 408 g/mol. The first kappa shape index (κ1) is 22.8. The average molecular weight is 455 g/mol. The van der Waals surface area contributed by atoms with Gasteiger partial charge in [0.05, 0.1) is 24.2 Å². The van der Waals surface area contributed by atoms with Crippen molar-refractivity contribution in [3.8, 4) is 0 Å². The third kappa shape index (κ3) is 2.38. The van der Waals surface area contributed by atoms with E-state index in [4.69, 9.17) is 4.74 Å². The first-order valence-corrected chi connectivity index (χ1v) is 13.8. The van der Waals surface area contributed by atoms with E-state index in [1.165, 1.54) is 32.1 Å². The molecule has 1 aliphatic heterocycles. The summed E-state index contributed by atoms with van der Waals surface area (Å²) in [6, 6.07) is 0. The Balaban J connectivity index is 1.48. The Bertz CT molecular complexity index is 922. The summed E-state index contributed by atoms with van der Waals surface area (Å²) in [5.41, 5.74) is 0.383. The number of hydrogen-bond acceptors (Lipinski definition) is 3. The van der Waals surface area contributed by atoms with Crippen LogP contribution in [0.5, 0.6) is 0 Å². The van der Waals surface area contributed by atoms with Crippen molar-refractivity contribution < 1.29 is 14.6 Å². The van der Waals surface area contributed by atoms with E-state index in [1.807, 2.05) is 0 Å². The smallest absolute Gasteiger partial charge is 0.141 e. The molecule has 184 valence electrons. The van der Waals surface area contributed by atoms with Gasteiger partial charge in [0.15, 0.2) is 0 Å². The molecule has 0 aromatic rings. The van der Waals surface area contributed by atoms with E-state index in [-0.39, 0.29) is 40.2 Å². The topological polar surface area (TPSA) is 46.5 Å². The van der Waals surface area contributed by atoms with Gasteiger partial charge in [0.2, 0.25) is 0 Å². The number of rotatable bonds is 1. The van der Waals surface area contributed by atoms with Gasteiger partial charge in [-0.1, -0.05) is 53.7 Å². The highest BCUT2D eigenvalue weighted by molar-refractivity contribution is 5.86. The van der Waals surface area contributed by atoms with Crippen molar-refractivity contribution in [3.05, 3.63) is 12.2 Å². The average Bonchev–Trinajstić information content (AvgIpc) is 3.00.